The van der Waals surface area contributed by atoms with Crippen molar-refractivity contribution in [1.29, 1.82) is 0 Å². The molecule has 0 N–H and O–H groups in total. The second-order valence-electron chi connectivity index (χ2n) is 5.01. The fraction of sp³-hybridized carbons (Fsp3) is 0.0526. The first kappa shape index (κ1) is 14.9. The number of ether oxygens (including phenoxy) is 1. The van der Waals surface area contributed by atoms with Crippen LogP contribution in [0.15, 0.2) is 66.9 Å². The van der Waals surface area contributed by atoms with Crippen molar-refractivity contribution in [1.82, 2.24) is 4.98 Å². The Morgan fingerprint density at radius 1 is 1.04 bits per heavy atom. The molecule has 1 aromatic heterocycles. The van der Waals surface area contributed by atoms with Gasteiger partial charge in [0.1, 0.15) is 23.9 Å². The Kier molecular flexibility index (Phi) is 4.43. The van der Waals surface area contributed by atoms with Gasteiger partial charge in [0, 0.05) is 23.4 Å². The number of pyridine rings is 1. The minimum atomic E-state index is -0.392. The van der Waals surface area contributed by atoms with Crippen molar-refractivity contribution in [3.8, 4) is 16.9 Å². The maximum Gasteiger partial charge on any atom is 0.168 e. The van der Waals surface area contributed by atoms with Crippen molar-refractivity contribution in [3.63, 3.8) is 0 Å². The quantitative estimate of drug-likeness (QED) is 0.660. The standard InChI is InChI=1S/C19H14FNO2/c20-19-10-17(23-13-14-4-2-1-3-5-14)8-9-18(19)15-6-7-16(12-22)21-11-15/h1-12H,13H2. The number of carbonyl (C=O) groups is 1. The van der Waals surface area contributed by atoms with E-state index < -0.39 is 5.82 Å². The Morgan fingerprint density at radius 2 is 1.87 bits per heavy atom. The second kappa shape index (κ2) is 6.83. The summed E-state index contributed by atoms with van der Waals surface area (Å²) < 4.78 is 19.9. The zero-order valence-corrected chi connectivity index (χ0v) is 12.3. The average molecular weight is 307 g/mol. The third-order valence-corrected chi connectivity index (χ3v) is 3.41. The van der Waals surface area contributed by atoms with Crippen LogP contribution in [0.4, 0.5) is 4.39 Å². The van der Waals surface area contributed by atoms with Crippen LogP contribution < -0.4 is 4.74 Å². The van der Waals surface area contributed by atoms with E-state index in [1.165, 1.54) is 12.3 Å². The van der Waals surface area contributed by atoms with E-state index in [-0.39, 0.29) is 0 Å². The molecule has 0 aliphatic heterocycles. The SMILES string of the molecule is O=Cc1ccc(-c2ccc(OCc3ccccc3)cc2F)cn1. The normalized spacial score (nSPS) is 10.3. The molecule has 0 radical (unpaired) electrons. The number of rotatable bonds is 5. The Morgan fingerprint density at radius 3 is 2.52 bits per heavy atom. The van der Waals surface area contributed by atoms with Crippen LogP contribution >= 0.6 is 0 Å². The number of benzene rings is 2. The molecule has 4 heteroatoms. The van der Waals surface area contributed by atoms with Crippen molar-refractivity contribution >= 4 is 6.29 Å². The molecule has 3 nitrogen and oxygen atoms in total. The number of aromatic nitrogens is 1. The minimum absolute atomic E-state index is 0.317. The molecule has 23 heavy (non-hydrogen) atoms. The van der Waals surface area contributed by atoms with E-state index in [1.807, 2.05) is 30.3 Å². The monoisotopic (exact) mass is 307 g/mol. The summed E-state index contributed by atoms with van der Waals surface area (Å²) in [5.41, 5.74) is 2.37. The highest BCUT2D eigenvalue weighted by molar-refractivity contribution is 5.73. The predicted molar refractivity (Wildman–Crippen MR) is 85.8 cm³/mol. The highest BCUT2D eigenvalue weighted by atomic mass is 19.1. The molecule has 0 aliphatic rings. The molecule has 0 saturated carbocycles. The van der Waals surface area contributed by atoms with E-state index >= 15 is 0 Å². The van der Waals surface area contributed by atoms with Crippen molar-refractivity contribution in [3.05, 3.63) is 83.9 Å². The topological polar surface area (TPSA) is 39.2 Å². The van der Waals surface area contributed by atoms with Gasteiger partial charge >= 0.3 is 0 Å². The van der Waals surface area contributed by atoms with Gasteiger partial charge in [-0.3, -0.25) is 9.78 Å². The molecule has 0 saturated heterocycles. The lowest BCUT2D eigenvalue weighted by Gasteiger charge is -2.09. The molecule has 0 atom stereocenters. The molecule has 2 aromatic carbocycles. The van der Waals surface area contributed by atoms with Crippen molar-refractivity contribution in [2.24, 2.45) is 0 Å². The van der Waals surface area contributed by atoms with E-state index in [0.717, 1.165) is 5.56 Å². The molecule has 3 rings (SSSR count). The van der Waals surface area contributed by atoms with E-state index in [1.54, 1.807) is 24.3 Å². The van der Waals surface area contributed by atoms with E-state index in [0.29, 0.717) is 35.5 Å². The first-order valence-corrected chi connectivity index (χ1v) is 7.14. The van der Waals surface area contributed by atoms with Crippen LogP contribution in [-0.4, -0.2) is 11.3 Å². The Hall–Kier alpha value is -3.01. The first-order chi connectivity index (χ1) is 11.3. The lowest BCUT2D eigenvalue weighted by molar-refractivity contribution is 0.111. The van der Waals surface area contributed by atoms with Crippen LogP contribution in [0.25, 0.3) is 11.1 Å². The van der Waals surface area contributed by atoms with Gasteiger partial charge in [0.15, 0.2) is 6.29 Å². The smallest absolute Gasteiger partial charge is 0.168 e. The summed E-state index contributed by atoms with van der Waals surface area (Å²) in [5, 5.41) is 0. The average Bonchev–Trinajstić information content (AvgIpc) is 2.61. The molecular weight excluding hydrogens is 293 g/mol. The van der Waals surface area contributed by atoms with Crippen LogP contribution in [0.1, 0.15) is 16.1 Å². The summed E-state index contributed by atoms with van der Waals surface area (Å²) in [6.07, 6.45) is 2.13. The van der Waals surface area contributed by atoms with Gasteiger partial charge in [0.05, 0.1) is 0 Å². The van der Waals surface area contributed by atoms with Gasteiger partial charge < -0.3 is 4.74 Å². The van der Waals surface area contributed by atoms with E-state index in [2.05, 4.69) is 4.98 Å². The molecule has 0 aliphatic carbocycles. The van der Waals surface area contributed by atoms with Crippen LogP contribution in [0.2, 0.25) is 0 Å². The highest BCUT2D eigenvalue weighted by Gasteiger charge is 2.08. The van der Waals surface area contributed by atoms with Gasteiger partial charge in [0.2, 0.25) is 0 Å². The Balaban J connectivity index is 1.76. The summed E-state index contributed by atoms with van der Waals surface area (Å²) in [5.74, 6) is 0.0730. The van der Waals surface area contributed by atoms with Gasteiger partial charge in [-0.15, -0.1) is 0 Å². The third-order valence-electron chi connectivity index (χ3n) is 3.41. The van der Waals surface area contributed by atoms with Gasteiger partial charge in [-0.25, -0.2) is 4.39 Å². The van der Waals surface area contributed by atoms with Crippen LogP contribution in [-0.2, 0) is 6.61 Å². The van der Waals surface area contributed by atoms with Crippen LogP contribution in [0.3, 0.4) is 0 Å². The molecule has 1 heterocycles. The summed E-state index contributed by atoms with van der Waals surface area (Å²) in [6.45, 7) is 0.384. The lowest BCUT2D eigenvalue weighted by atomic mass is 10.1. The Bertz CT molecular complexity index is 801. The maximum atomic E-state index is 14.3. The zero-order valence-electron chi connectivity index (χ0n) is 12.3. The number of halogens is 1. The highest BCUT2D eigenvalue weighted by Crippen LogP contribution is 2.26. The van der Waals surface area contributed by atoms with Gasteiger partial charge in [-0.05, 0) is 23.8 Å². The fourth-order valence-electron chi connectivity index (χ4n) is 2.19. The lowest BCUT2D eigenvalue weighted by Crippen LogP contribution is -1.96. The first-order valence-electron chi connectivity index (χ1n) is 7.14. The van der Waals surface area contributed by atoms with E-state index in [4.69, 9.17) is 4.74 Å². The molecule has 0 bridgehead atoms. The van der Waals surface area contributed by atoms with Gasteiger partial charge in [0.25, 0.3) is 0 Å². The van der Waals surface area contributed by atoms with Crippen molar-refractivity contribution < 1.29 is 13.9 Å². The Labute approximate surface area is 133 Å². The van der Waals surface area contributed by atoms with Crippen molar-refractivity contribution in [2.75, 3.05) is 0 Å². The maximum absolute atomic E-state index is 14.3. The van der Waals surface area contributed by atoms with Gasteiger partial charge in [-0.1, -0.05) is 36.4 Å². The molecule has 114 valence electrons. The third kappa shape index (κ3) is 3.61. The van der Waals surface area contributed by atoms with Crippen LogP contribution in [0.5, 0.6) is 5.75 Å². The predicted octanol–water partition coefficient (Wildman–Crippen LogP) is 4.28. The number of carbonyl (C=O) groups excluding carboxylic acids is 1. The van der Waals surface area contributed by atoms with Crippen molar-refractivity contribution in [2.45, 2.75) is 6.61 Å². The summed E-state index contributed by atoms with van der Waals surface area (Å²) >= 11 is 0. The second-order valence-corrected chi connectivity index (χ2v) is 5.01. The molecule has 0 amide bonds. The minimum Gasteiger partial charge on any atom is -0.489 e. The molecule has 3 aromatic rings. The summed E-state index contributed by atoms with van der Waals surface area (Å²) in [7, 11) is 0. The number of nitrogens with zero attached hydrogens (tertiary/aromatic N) is 1. The molecule has 0 fully saturated rings. The molecular formula is C19H14FNO2. The molecule has 0 spiro atoms. The molecule has 0 unspecified atom stereocenters. The number of hydrogen-bond donors (Lipinski definition) is 0. The zero-order chi connectivity index (χ0) is 16.1. The fourth-order valence-corrected chi connectivity index (χ4v) is 2.19. The number of hydrogen-bond acceptors (Lipinski definition) is 3. The number of aldehydes is 1. The van der Waals surface area contributed by atoms with E-state index in [9.17, 15) is 9.18 Å². The van der Waals surface area contributed by atoms with Crippen LogP contribution in [0, 0.1) is 5.82 Å². The van der Waals surface area contributed by atoms with Gasteiger partial charge in [-0.2, -0.15) is 0 Å². The summed E-state index contributed by atoms with van der Waals surface area (Å²) in [6, 6.07) is 17.6. The largest absolute Gasteiger partial charge is 0.489 e. The summed E-state index contributed by atoms with van der Waals surface area (Å²) in [4.78, 5) is 14.5.